The second-order valence-corrected chi connectivity index (χ2v) is 6.06. The van der Waals surface area contributed by atoms with Gasteiger partial charge in [0.25, 0.3) is 5.56 Å². The lowest BCUT2D eigenvalue weighted by atomic mass is 10.1. The molecule has 132 valence electrons. The molecule has 0 N–H and O–H groups in total. The van der Waals surface area contributed by atoms with Crippen molar-refractivity contribution in [3.63, 3.8) is 0 Å². The van der Waals surface area contributed by atoms with Gasteiger partial charge >= 0.3 is 0 Å². The summed E-state index contributed by atoms with van der Waals surface area (Å²) in [4.78, 5) is 26.0. The van der Waals surface area contributed by atoms with Crippen molar-refractivity contribution in [2.75, 3.05) is 20.3 Å². The second kappa shape index (κ2) is 7.57. The maximum atomic E-state index is 13.1. The number of halogens is 1. The van der Waals surface area contributed by atoms with E-state index in [9.17, 15) is 14.0 Å². The zero-order valence-corrected chi connectivity index (χ0v) is 14.0. The Morgan fingerprint density at radius 3 is 2.76 bits per heavy atom. The Balaban J connectivity index is 1.82. The first-order valence-corrected chi connectivity index (χ1v) is 8.21. The molecule has 0 saturated carbocycles. The Morgan fingerprint density at radius 1 is 1.28 bits per heavy atom. The van der Waals surface area contributed by atoms with Gasteiger partial charge in [0, 0.05) is 25.3 Å². The van der Waals surface area contributed by atoms with Gasteiger partial charge in [0.05, 0.1) is 18.3 Å². The van der Waals surface area contributed by atoms with Crippen molar-refractivity contribution in [1.29, 1.82) is 0 Å². The van der Waals surface area contributed by atoms with Gasteiger partial charge < -0.3 is 9.64 Å². The van der Waals surface area contributed by atoms with Gasteiger partial charge in [-0.2, -0.15) is 5.10 Å². The van der Waals surface area contributed by atoms with Crippen LogP contribution in [-0.2, 0) is 16.1 Å². The van der Waals surface area contributed by atoms with Crippen molar-refractivity contribution in [1.82, 2.24) is 14.7 Å². The average Bonchev–Trinajstić information content (AvgIpc) is 3.06. The van der Waals surface area contributed by atoms with E-state index < -0.39 is 0 Å². The number of hydrogen-bond acceptors (Lipinski definition) is 4. The molecule has 0 unspecified atom stereocenters. The van der Waals surface area contributed by atoms with E-state index >= 15 is 0 Å². The third-order valence-electron chi connectivity index (χ3n) is 4.36. The summed E-state index contributed by atoms with van der Waals surface area (Å²) >= 11 is 0. The molecule has 0 aliphatic carbocycles. The van der Waals surface area contributed by atoms with Gasteiger partial charge in [0.15, 0.2) is 0 Å². The molecule has 1 amide bonds. The van der Waals surface area contributed by atoms with Crippen LogP contribution < -0.4 is 5.56 Å². The van der Waals surface area contributed by atoms with Gasteiger partial charge in [-0.15, -0.1) is 0 Å². The van der Waals surface area contributed by atoms with E-state index in [4.69, 9.17) is 4.74 Å². The molecule has 1 aromatic carbocycles. The summed E-state index contributed by atoms with van der Waals surface area (Å²) in [5.41, 5.74) is 1.10. The van der Waals surface area contributed by atoms with Crippen LogP contribution in [0.3, 0.4) is 0 Å². The van der Waals surface area contributed by atoms with Crippen molar-refractivity contribution in [2.45, 2.75) is 25.4 Å². The van der Waals surface area contributed by atoms with Crippen LogP contribution in [0.4, 0.5) is 4.39 Å². The summed E-state index contributed by atoms with van der Waals surface area (Å²) in [7, 11) is 1.49. The molecular weight excluding hydrogens is 325 g/mol. The fraction of sp³-hybridized carbons (Fsp3) is 0.389. The molecule has 1 saturated heterocycles. The summed E-state index contributed by atoms with van der Waals surface area (Å²) in [5, 5.41) is 4.39. The fourth-order valence-corrected chi connectivity index (χ4v) is 3.11. The van der Waals surface area contributed by atoms with Crippen LogP contribution in [-0.4, -0.2) is 46.9 Å². The number of nitrogens with zero attached hydrogens (tertiary/aromatic N) is 3. The minimum absolute atomic E-state index is 0.0362. The molecule has 7 heteroatoms. The summed E-state index contributed by atoms with van der Waals surface area (Å²) in [5.74, 6) is -0.400. The SMILES string of the molecule is COCC(=O)N1CCC[C@H]1Cn1nc(-c2ccc(F)cc2)ccc1=O. The van der Waals surface area contributed by atoms with Crippen LogP contribution in [0.2, 0.25) is 0 Å². The van der Waals surface area contributed by atoms with Crippen molar-refractivity contribution in [3.8, 4) is 11.3 Å². The van der Waals surface area contributed by atoms with E-state index in [-0.39, 0.29) is 29.9 Å². The molecule has 0 bridgehead atoms. The molecule has 1 fully saturated rings. The van der Waals surface area contributed by atoms with E-state index in [2.05, 4.69) is 5.10 Å². The number of aromatic nitrogens is 2. The first kappa shape index (κ1) is 17.3. The fourth-order valence-electron chi connectivity index (χ4n) is 3.11. The van der Waals surface area contributed by atoms with E-state index in [0.29, 0.717) is 18.8 Å². The van der Waals surface area contributed by atoms with Crippen LogP contribution in [0.5, 0.6) is 0 Å². The van der Waals surface area contributed by atoms with Crippen molar-refractivity contribution < 1.29 is 13.9 Å². The minimum Gasteiger partial charge on any atom is -0.375 e. The predicted molar refractivity (Wildman–Crippen MR) is 90.5 cm³/mol. The van der Waals surface area contributed by atoms with E-state index in [1.165, 1.54) is 30.0 Å². The highest BCUT2D eigenvalue weighted by molar-refractivity contribution is 5.78. The topological polar surface area (TPSA) is 64.4 Å². The lowest BCUT2D eigenvalue weighted by Crippen LogP contribution is -2.42. The van der Waals surface area contributed by atoms with Crippen molar-refractivity contribution in [2.24, 2.45) is 0 Å². The standard InChI is InChI=1S/C18H20FN3O3/c1-25-12-18(24)21-10-2-3-15(21)11-22-17(23)9-8-16(20-22)13-4-6-14(19)7-5-13/h4-9,15H,2-3,10-12H2,1H3/t15-/m0/s1. The first-order valence-electron chi connectivity index (χ1n) is 8.21. The molecule has 6 nitrogen and oxygen atoms in total. The van der Waals surface area contributed by atoms with Crippen molar-refractivity contribution >= 4 is 5.91 Å². The van der Waals surface area contributed by atoms with E-state index in [0.717, 1.165) is 18.4 Å². The third-order valence-corrected chi connectivity index (χ3v) is 4.36. The number of hydrogen-bond donors (Lipinski definition) is 0. The number of methoxy groups -OCH3 is 1. The van der Waals surface area contributed by atoms with Gasteiger partial charge in [0.1, 0.15) is 12.4 Å². The molecule has 0 radical (unpaired) electrons. The number of carbonyl (C=O) groups is 1. The minimum atomic E-state index is -0.324. The molecule has 1 atom stereocenters. The molecule has 25 heavy (non-hydrogen) atoms. The van der Waals surface area contributed by atoms with Gasteiger partial charge in [0.2, 0.25) is 5.91 Å². The molecule has 3 rings (SSSR count). The Labute approximate surface area is 144 Å². The highest BCUT2D eigenvalue weighted by Gasteiger charge is 2.29. The largest absolute Gasteiger partial charge is 0.375 e. The number of ether oxygens (including phenoxy) is 1. The molecule has 2 aromatic rings. The zero-order valence-electron chi connectivity index (χ0n) is 14.0. The van der Waals surface area contributed by atoms with Gasteiger partial charge in [-0.1, -0.05) is 0 Å². The highest BCUT2D eigenvalue weighted by Crippen LogP contribution is 2.20. The molecule has 1 aliphatic heterocycles. The molecule has 1 aromatic heterocycles. The Kier molecular flexibility index (Phi) is 5.23. The zero-order chi connectivity index (χ0) is 17.8. The quantitative estimate of drug-likeness (QED) is 0.827. The Morgan fingerprint density at radius 2 is 2.04 bits per heavy atom. The maximum Gasteiger partial charge on any atom is 0.266 e. The monoisotopic (exact) mass is 345 g/mol. The average molecular weight is 345 g/mol. The van der Waals surface area contributed by atoms with E-state index in [1.54, 1.807) is 23.1 Å². The van der Waals surface area contributed by atoms with Crippen LogP contribution >= 0.6 is 0 Å². The lowest BCUT2D eigenvalue weighted by Gasteiger charge is -2.24. The van der Waals surface area contributed by atoms with Crippen molar-refractivity contribution in [3.05, 3.63) is 52.6 Å². The summed E-state index contributed by atoms with van der Waals surface area (Å²) in [6.07, 6.45) is 1.72. The lowest BCUT2D eigenvalue weighted by molar-refractivity contribution is -0.136. The number of rotatable bonds is 5. The van der Waals surface area contributed by atoms with E-state index in [1.807, 2.05) is 0 Å². The normalized spacial score (nSPS) is 17.0. The number of amides is 1. The summed E-state index contributed by atoms with van der Waals surface area (Å²) < 4.78 is 19.4. The second-order valence-electron chi connectivity index (χ2n) is 6.06. The molecule has 2 heterocycles. The summed E-state index contributed by atoms with van der Waals surface area (Å²) in [6.45, 7) is 1.04. The van der Waals surface area contributed by atoms with Crippen LogP contribution in [0.1, 0.15) is 12.8 Å². The first-order chi connectivity index (χ1) is 12.1. The molecule has 0 spiro atoms. The molecule has 1 aliphatic rings. The number of carbonyl (C=O) groups excluding carboxylic acids is 1. The highest BCUT2D eigenvalue weighted by atomic mass is 19.1. The predicted octanol–water partition coefficient (Wildman–Crippen LogP) is 1.69. The third kappa shape index (κ3) is 3.93. The Bertz CT molecular complexity index is 804. The van der Waals surface area contributed by atoms with Crippen LogP contribution in [0.15, 0.2) is 41.2 Å². The van der Waals surface area contributed by atoms with Gasteiger partial charge in [-0.3, -0.25) is 9.59 Å². The van der Waals surface area contributed by atoms with Gasteiger partial charge in [-0.05, 0) is 43.2 Å². The Hall–Kier alpha value is -2.54. The number of benzene rings is 1. The summed E-state index contributed by atoms with van der Waals surface area (Å²) in [6, 6.07) is 8.95. The number of likely N-dealkylation sites (tertiary alicyclic amines) is 1. The van der Waals surface area contributed by atoms with Crippen LogP contribution in [0, 0.1) is 5.82 Å². The van der Waals surface area contributed by atoms with Crippen LogP contribution in [0.25, 0.3) is 11.3 Å². The maximum absolute atomic E-state index is 13.1. The smallest absolute Gasteiger partial charge is 0.266 e. The van der Waals surface area contributed by atoms with Gasteiger partial charge in [-0.25, -0.2) is 9.07 Å². The molecular formula is C18H20FN3O3.